The zero-order valence-corrected chi connectivity index (χ0v) is 13.5. The smallest absolute Gasteiger partial charge is 0.297 e. The summed E-state index contributed by atoms with van der Waals surface area (Å²) in [6.45, 7) is 1.48. The highest BCUT2D eigenvalue weighted by molar-refractivity contribution is 7.86. The van der Waals surface area contributed by atoms with Crippen LogP contribution >= 0.6 is 0 Å². The van der Waals surface area contributed by atoms with Crippen LogP contribution in [0, 0.1) is 24.6 Å². The molecule has 0 spiro atoms. The van der Waals surface area contributed by atoms with Crippen LogP contribution in [0.15, 0.2) is 47.4 Å². The van der Waals surface area contributed by atoms with Gasteiger partial charge in [0, 0.05) is 0 Å². The summed E-state index contributed by atoms with van der Waals surface area (Å²) < 4.78 is 47.4. The van der Waals surface area contributed by atoms with Crippen LogP contribution in [-0.4, -0.2) is 22.1 Å². The average Bonchev–Trinajstić information content (AvgIpc) is 2.53. The maximum absolute atomic E-state index is 13.9. The Morgan fingerprint density at radius 2 is 1.83 bits per heavy atom. The molecule has 0 N–H and O–H groups in total. The van der Waals surface area contributed by atoms with Crippen LogP contribution in [0.25, 0.3) is 0 Å². The molecule has 0 saturated heterocycles. The Morgan fingerprint density at radius 3 is 2.48 bits per heavy atom. The van der Waals surface area contributed by atoms with Crippen molar-refractivity contribution in [3.8, 4) is 17.6 Å². The summed E-state index contributed by atoms with van der Waals surface area (Å²) in [5, 5.41) is 0. The molecule has 120 valence electrons. The van der Waals surface area contributed by atoms with Crippen molar-refractivity contribution in [2.75, 3.05) is 13.7 Å². The molecule has 0 saturated carbocycles. The Bertz CT molecular complexity index is 846. The van der Waals surface area contributed by atoms with E-state index in [4.69, 9.17) is 8.92 Å². The fraction of sp³-hybridized carbons (Fsp3) is 0.176. The van der Waals surface area contributed by atoms with Crippen molar-refractivity contribution in [1.29, 1.82) is 0 Å². The minimum atomic E-state index is -3.88. The molecule has 2 aromatic carbocycles. The van der Waals surface area contributed by atoms with E-state index in [0.29, 0.717) is 0 Å². The molecule has 0 radical (unpaired) electrons. The lowest BCUT2D eigenvalue weighted by atomic mass is 10.2. The number of aryl methyl sites for hydroxylation is 1. The first-order valence-electron chi connectivity index (χ1n) is 6.71. The van der Waals surface area contributed by atoms with Crippen molar-refractivity contribution in [2.24, 2.45) is 0 Å². The van der Waals surface area contributed by atoms with Crippen LogP contribution in [0.5, 0.6) is 5.75 Å². The molecular formula is C17H15FO4S. The fourth-order valence-electron chi connectivity index (χ4n) is 1.78. The number of rotatable bonds is 4. The second-order valence-electron chi connectivity index (χ2n) is 4.65. The molecule has 0 atom stereocenters. The van der Waals surface area contributed by atoms with Gasteiger partial charge < -0.3 is 4.74 Å². The molecule has 0 heterocycles. The van der Waals surface area contributed by atoms with E-state index in [1.807, 2.05) is 6.92 Å². The molecule has 0 aromatic heterocycles. The molecule has 0 fully saturated rings. The first-order valence-corrected chi connectivity index (χ1v) is 8.12. The van der Waals surface area contributed by atoms with Gasteiger partial charge in [-0.2, -0.15) is 8.42 Å². The molecule has 0 aliphatic heterocycles. The van der Waals surface area contributed by atoms with E-state index in [-0.39, 0.29) is 22.8 Å². The van der Waals surface area contributed by atoms with Crippen molar-refractivity contribution in [3.05, 3.63) is 59.4 Å². The van der Waals surface area contributed by atoms with E-state index < -0.39 is 15.9 Å². The molecular weight excluding hydrogens is 319 g/mol. The highest BCUT2D eigenvalue weighted by atomic mass is 32.2. The predicted octanol–water partition coefficient (Wildman–Crippen LogP) is 2.90. The third-order valence-corrected chi connectivity index (χ3v) is 4.28. The van der Waals surface area contributed by atoms with E-state index in [2.05, 4.69) is 11.8 Å². The number of methoxy groups -OCH3 is 1. The van der Waals surface area contributed by atoms with Gasteiger partial charge in [-0.05, 0) is 31.2 Å². The van der Waals surface area contributed by atoms with Gasteiger partial charge in [-0.3, -0.25) is 4.18 Å². The van der Waals surface area contributed by atoms with Crippen LogP contribution in [0.3, 0.4) is 0 Å². The number of hydrogen-bond donors (Lipinski definition) is 0. The standard InChI is InChI=1S/C17H15FO4S/c1-13-8-10-15(11-9-13)23(19,20)22-12-4-6-14-5-3-7-16(21-2)17(14)18/h3,5,7-11H,12H2,1-2H3. The van der Waals surface area contributed by atoms with Gasteiger partial charge in [-0.15, -0.1) is 0 Å². The molecule has 23 heavy (non-hydrogen) atoms. The largest absolute Gasteiger partial charge is 0.494 e. The zero-order valence-electron chi connectivity index (χ0n) is 12.7. The summed E-state index contributed by atoms with van der Waals surface area (Å²) in [6.07, 6.45) is 0. The third-order valence-electron chi connectivity index (χ3n) is 3.00. The highest BCUT2D eigenvalue weighted by Gasteiger charge is 2.13. The Morgan fingerprint density at radius 1 is 1.13 bits per heavy atom. The lowest BCUT2D eigenvalue weighted by Crippen LogP contribution is -2.06. The topological polar surface area (TPSA) is 52.6 Å². The summed E-state index contributed by atoms with van der Waals surface area (Å²) >= 11 is 0. The van der Waals surface area contributed by atoms with Gasteiger partial charge in [0.1, 0.15) is 6.61 Å². The molecule has 0 aliphatic rings. The van der Waals surface area contributed by atoms with Gasteiger partial charge in [0.2, 0.25) is 0 Å². The lowest BCUT2D eigenvalue weighted by Gasteiger charge is -2.03. The Labute approximate surface area is 135 Å². The number of halogens is 1. The molecule has 0 aliphatic carbocycles. The minimum Gasteiger partial charge on any atom is -0.494 e. The second kappa shape index (κ2) is 7.27. The Hall–Kier alpha value is -2.36. The van der Waals surface area contributed by atoms with E-state index in [1.54, 1.807) is 18.2 Å². The van der Waals surface area contributed by atoms with Crippen molar-refractivity contribution in [2.45, 2.75) is 11.8 Å². The molecule has 2 rings (SSSR count). The average molecular weight is 334 g/mol. The molecule has 2 aromatic rings. The molecule has 4 nitrogen and oxygen atoms in total. The quantitative estimate of drug-likeness (QED) is 0.637. The molecule has 6 heteroatoms. The minimum absolute atomic E-state index is 0.0532. The zero-order chi connectivity index (χ0) is 16.9. The number of ether oxygens (including phenoxy) is 1. The van der Waals surface area contributed by atoms with E-state index in [9.17, 15) is 12.8 Å². The van der Waals surface area contributed by atoms with Crippen LogP contribution in [0.4, 0.5) is 4.39 Å². The summed E-state index contributed by atoms with van der Waals surface area (Å²) in [5.41, 5.74) is 1.05. The van der Waals surface area contributed by atoms with Gasteiger partial charge in [-0.25, -0.2) is 4.39 Å². The third kappa shape index (κ3) is 4.31. The molecule has 0 unspecified atom stereocenters. The van der Waals surface area contributed by atoms with Gasteiger partial charge in [-0.1, -0.05) is 35.6 Å². The van der Waals surface area contributed by atoms with Crippen LogP contribution < -0.4 is 4.74 Å². The van der Waals surface area contributed by atoms with Gasteiger partial charge in [0.25, 0.3) is 10.1 Å². The molecule has 0 bridgehead atoms. The first kappa shape index (κ1) is 17.0. The second-order valence-corrected chi connectivity index (χ2v) is 6.27. The number of hydrogen-bond acceptors (Lipinski definition) is 4. The normalized spacial score (nSPS) is 10.7. The number of benzene rings is 2. The highest BCUT2D eigenvalue weighted by Crippen LogP contribution is 2.19. The summed E-state index contributed by atoms with van der Waals surface area (Å²) in [4.78, 5) is 0.0532. The maximum atomic E-state index is 13.9. The van der Waals surface area contributed by atoms with E-state index in [1.165, 1.54) is 31.4 Å². The van der Waals surface area contributed by atoms with Crippen molar-refractivity contribution >= 4 is 10.1 Å². The van der Waals surface area contributed by atoms with Crippen LogP contribution in [0.1, 0.15) is 11.1 Å². The SMILES string of the molecule is COc1cccc(C#CCOS(=O)(=O)c2ccc(C)cc2)c1F. The van der Waals surface area contributed by atoms with Crippen LogP contribution in [0.2, 0.25) is 0 Å². The first-order chi connectivity index (χ1) is 10.9. The lowest BCUT2D eigenvalue weighted by molar-refractivity contribution is 0.363. The monoisotopic (exact) mass is 334 g/mol. The Kier molecular flexibility index (Phi) is 5.37. The predicted molar refractivity (Wildman–Crippen MR) is 84.1 cm³/mol. The van der Waals surface area contributed by atoms with Crippen LogP contribution in [-0.2, 0) is 14.3 Å². The van der Waals surface area contributed by atoms with Crippen molar-refractivity contribution in [3.63, 3.8) is 0 Å². The van der Waals surface area contributed by atoms with Gasteiger partial charge >= 0.3 is 0 Å². The molecule has 0 amide bonds. The van der Waals surface area contributed by atoms with E-state index in [0.717, 1.165) is 5.56 Å². The Balaban J connectivity index is 2.07. The van der Waals surface area contributed by atoms with Gasteiger partial charge in [0.05, 0.1) is 17.6 Å². The summed E-state index contributed by atoms with van der Waals surface area (Å²) in [5.74, 6) is 4.49. The van der Waals surface area contributed by atoms with E-state index >= 15 is 0 Å². The van der Waals surface area contributed by atoms with Gasteiger partial charge in [0.15, 0.2) is 11.6 Å². The summed E-state index contributed by atoms with van der Waals surface area (Å²) in [7, 11) is -2.52. The van der Waals surface area contributed by atoms with Crippen molar-refractivity contribution < 1.29 is 21.7 Å². The fourth-order valence-corrected chi connectivity index (χ4v) is 2.60. The van der Waals surface area contributed by atoms with Crippen molar-refractivity contribution in [1.82, 2.24) is 0 Å². The summed E-state index contributed by atoms with van der Waals surface area (Å²) in [6, 6.07) is 10.8. The maximum Gasteiger partial charge on any atom is 0.297 e.